The third-order valence-corrected chi connectivity index (χ3v) is 3.28. The first kappa shape index (κ1) is 16.5. The maximum Gasteiger partial charge on any atom is 0.185 e. The first-order valence-electron chi connectivity index (χ1n) is 6.87. The zero-order valence-electron chi connectivity index (χ0n) is 13.1. The van der Waals surface area contributed by atoms with Gasteiger partial charge in [0.05, 0.1) is 21.3 Å². The second-order valence-electron chi connectivity index (χ2n) is 4.65. The maximum atomic E-state index is 12.9. The molecule has 5 heteroatoms. The number of rotatable bonds is 6. The van der Waals surface area contributed by atoms with E-state index < -0.39 is 0 Å². The quantitative estimate of drug-likeness (QED) is 0.601. The number of ether oxygens (including phenoxy) is 3. The standard InChI is InChI=1S/C18H17FO4/c1-21-16-11-18(23-3)17(22-2)10-13(16)6-9-15(20)12-4-7-14(19)8-5-12/h4-11H,1-3H3/b9-6+. The van der Waals surface area contributed by atoms with E-state index >= 15 is 0 Å². The minimum absolute atomic E-state index is 0.234. The molecule has 2 aromatic carbocycles. The van der Waals surface area contributed by atoms with Gasteiger partial charge in [-0.15, -0.1) is 0 Å². The average Bonchev–Trinajstić information content (AvgIpc) is 2.59. The van der Waals surface area contributed by atoms with Crippen molar-refractivity contribution in [1.29, 1.82) is 0 Å². The number of carbonyl (C=O) groups excluding carboxylic acids is 1. The van der Waals surface area contributed by atoms with Crippen molar-refractivity contribution in [2.24, 2.45) is 0 Å². The van der Waals surface area contributed by atoms with Crippen molar-refractivity contribution in [3.05, 3.63) is 59.4 Å². The van der Waals surface area contributed by atoms with Crippen molar-refractivity contribution < 1.29 is 23.4 Å². The van der Waals surface area contributed by atoms with Gasteiger partial charge in [-0.1, -0.05) is 0 Å². The lowest BCUT2D eigenvalue weighted by Crippen LogP contribution is -1.96. The van der Waals surface area contributed by atoms with Crippen molar-refractivity contribution in [3.8, 4) is 17.2 Å². The molecule has 0 saturated heterocycles. The van der Waals surface area contributed by atoms with E-state index in [-0.39, 0.29) is 11.6 Å². The van der Waals surface area contributed by atoms with Crippen LogP contribution >= 0.6 is 0 Å². The van der Waals surface area contributed by atoms with Crippen LogP contribution in [0.1, 0.15) is 15.9 Å². The van der Waals surface area contributed by atoms with Crippen molar-refractivity contribution in [2.75, 3.05) is 21.3 Å². The highest BCUT2D eigenvalue weighted by molar-refractivity contribution is 6.06. The van der Waals surface area contributed by atoms with Gasteiger partial charge in [-0.2, -0.15) is 0 Å². The number of halogens is 1. The van der Waals surface area contributed by atoms with Crippen LogP contribution in [-0.2, 0) is 0 Å². The molecule has 0 aliphatic carbocycles. The maximum absolute atomic E-state index is 12.9. The van der Waals surface area contributed by atoms with Crippen LogP contribution in [-0.4, -0.2) is 27.1 Å². The highest BCUT2D eigenvalue weighted by Crippen LogP contribution is 2.35. The zero-order chi connectivity index (χ0) is 16.8. The molecule has 0 atom stereocenters. The molecule has 4 nitrogen and oxygen atoms in total. The van der Waals surface area contributed by atoms with Crippen LogP contribution in [0.5, 0.6) is 17.2 Å². The van der Waals surface area contributed by atoms with Crippen molar-refractivity contribution in [3.63, 3.8) is 0 Å². The predicted octanol–water partition coefficient (Wildman–Crippen LogP) is 3.75. The van der Waals surface area contributed by atoms with Gasteiger partial charge in [-0.05, 0) is 42.5 Å². The molecule has 0 aromatic heterocycles. The van der Waals surface area contributed by atoms with Gasteiger partial charge < -0.3 is 14.2 Å². The lowest BCUT2D eigenvalue weighted by Gasteiger charge is -2.12. The normalized spacial score (nSPS) is 10.6. The molecule has 23 heavy (non-hydrogen) atoms. The van der Waals surface area contributed by atoms with Crippen LogP contribution in [0.3, 0.4) is 0 Å². The van der Waals surface area contributed by atoms with Crippen LogP contribution in [0.25, 0.3) is 6.08 Å². The van der Waals surface area contributed by atoms with Crippen LogP contribution in [0.15, 0.2) is 42.5 Å². The average molecular weight is 316 g/mol. The summed E-state index contributed by atoms with van der Waals surface area (Å²) < 4.78 is 28.6. The fraction of sp³-hybridized carbons (Fsp3) is 0.167. The summed E-state index contributed by atoms with van der Waals surface area (Å²) in [5, 5.41) is 0. The van der Waals surface area contributed by atoms with Crippen LogP contribution in [0.2, 0.25) is 0 Å². The number of hydrogen-bond donors (Lipinski definition) is 0. The molecule has 0 bridgehead atoms. The van der Waals surface area contributed by atoms with E-state index in [9.17, 15) is 9.18 Å². The highest BCUT2D eigenvalue weighted by atomic mass is 19.1. The number of hydrogen-bond acceptors (Lipinski definition) is 4. The Labute approximate surface area is 134 Å². The molecule has 0 N–H and O–H groups in total. The molecule has 0 saturated carbocycles. The third kappa shape index (κ3) is 3.88. The summed E-state index contributed by atoms with van der Waals surface area (Å²) >= 11 is 0. The molecule has 0 fully saturated rings. The topological polar surface area (TPSA) is 44.8 Å². The second kappa shape index (κ2) is 7.45. The Kier molecular flexibility index (Phi) is 5.36. The monoisotopic (exact) mass is 316 g/mol. The molecular formula is C18H17FO4. The highest BCUT2D eigenvalue weighted by Gasteiger charge is 2.10. The first-order chi connectivity index (χ1) is 11.1. The van der Waals surface area contributed by atoms with E-state index in [2.05, 4.69) is 0 Å². The Morgan fingerprint density at radius 2 is 1.48 bits per heavy atom. The van der Waals surface area contributed by atoms with Crippen LogP contribution in [0.4, 0.5) is 4.39 Å². The summed E-state index contributed by atoms with van der Waals surface area (Å²) in [6.07, 6.45) is 3.02. The molecule has 0 unspecified atom stereocenters. The minimum Gasteiger partial charge on any atom is -0.496 e. The second-order valence-corrected chi connectivity index (χ2v) is 4.65. The van der Waals surface area contributed by atoms with E-state index in [0.29, 0.717) is 28.4 Å². The lowest BCUT2D eigenvalue weighted by molar-refractivity contribution is 0.104. The van der Waals surface area contributed by atoms with E-state index in [4.69, 9.17) is 14.2 Å². The lowest BCUT2D eigenvalue weighted by atomic mass is 10.1. The zero-order valence-corrected chi connectivity index (χ0v) is 13.1. The molecule has 2 aromatic rings. The van der Waals surface area contributed by atoms with Gasteiger partial charge >= 0.3 is 0 Å². The number of methoxy groups -OCH3 is 3. The Morgan fingerprint density at radius 3 is 2.04 bits per heavy atom. The molecule has 0 spiro atoms. The van der Waals surface area contributed by atoms with E-state index in [1.54, 1.807) is 18.2 Å². The van der Waals surface area contributed by atoms with Crippen molar-refractivity contribution in [2.45, 2.75) is 0 Å². The van der Waals surface area contributed by atoms with E-state index in [1.807, 2.05) is 0 Å². The fourth-order valence-electron chi connectivity index (χ4n) is 2.06. The molecule has 0 heterocycles. The Hall–Kier alpha value is -2.82. The van der Waals surface area contributed by atoms with Gasteiger partial charge in [0.2, 0.25) is 0 Å². The number of ketones is 1. The summed E-state index contributed by atoms with van der Waals surface area (Å²) in [6.45, 7) is 0. The smallest absolute Gasteiger partial charge is 0.185 e. The predicted molar refractivity (Wildman–Crippen MR) is 85.9 cm³/mol. The van der Waals surface area contributed by atoms with E-state index in [0.717, 1.165) is 0 Å². The molecule has 2 rings (SSSR count). The molecule has 0 aliphatic heterocycles. The summed E-state index contributed by atoms with van der Waals surface area (Å²) in [4.78, 5) is 12.1. The summed E-state index contributed by atoms with van der Waals surface area (Å²) in [5.74, 6) is 0.994. The van der Waals surface area contributed by atoms with Gasteiger partial charge in [0.1, 0.15) is 11.6 Å². The Balaban J connectivity index is 2.30. The van der Waals surface area contributed by atoms with E-state index in [1.165, 1.54) is 51.7 Å². The van der Waals surface area contributed by atoms with Crippen molar-refractivity contribution in [1.82, 2.24) is 0 Å². The SMILES string of the molecule is COc1cc(OC)c(OC)cc1/C=C/C(=O)c1ccc(F)cc1. The Bertz CT molecular complexity index is 721. The van der Waals surface area contributed by atoms with Gasteiger partial charge in [0.15, 0.2) is 17.3 Å². The molecule has 120 valence electrons. The van der Waals surface area contributed by atoms with Crippen LogP contribution in [0, 0.1) is 5.82 Å². The van der Waals surface area contributed by atoms with Gasteiger partial charge in [0, 0.05) is 17.2 Å². The van der Waals surface area contributed by atoms with Gasteiger partial charge in [0.25, 0.3) is 0 Å². The van der Waals surface area contributed by atoms with Gasteiger partial charge in [-0.25, -0.2) is 4.39 Å². The van der Waals surface area contributed by atoms with Crippen LogP contribution < -0.4 is 14.2 Å². The molecular weight excluding hydrogens is 299 g/mol. The summed E-state index contributed by atoms with van der Waals surface area (Å²) in [6, 6.07) is 8.77. The molecule has 0 radical (unpaired) electrons. The summed E-state index contributed by atoms with van der Waals surface area (Å²) in [5.41, 5.74) is 1.07. The number of carbonyl (C=O) groups is 1. The first-order valence-corrected chi connectivity index (χ1v) is 6.87. The van der Waals surface area contributed by atoms with Gasteiger partial charge in [-0.3, -0.25) is 4.79 Å². The minimum atomic E-state index is -0.382. The molecule has 0 amide bonds. The largest absolute Gasteiger partial charge is 0.496 e. The number of benzene rings is 2. The third-order valence-electron chi connectivity index (χ3n) is 3.28. The number of allylic oxidation sites excluding steroid dienone is 1. The summed E-state index contributed by atoms with van der Waals surface area (Å²) in [7, 11) is 4.59. The fourth-order valence-corrected chi connectivity index (χ4v) is 2.06. The van der Waals surface area contributed by atoms with Crippen molar-refractivity contribution >= 4 is 11.9 Å². The Morgan fingerprint density at radius 1 is 0.913 bits per heavy atom. The molecule has 0 aliphatic rings.